The Balaban J connectivity index is 2.32. The van der Waals surface area contributed by atoms with Crippen LogP contribution in [0.15, 0.2) is 30.3 Å². The molecule has 4 nitrogen and oxygen atoms in total. The Morgan fingerprint density at radius 1 is 1.22 bits per heavy atom. The van der Waals surface area contributed by atoms with Crippen LogP contribution in [-0.2, 0) is 6.18 Å². The van der Waals surface area contributed by atoms with Crippen molar-refractivity contribution in [3.8, 4) is 11.3 Å². The number of hydrogen-bond donors (Lipinski definition) is 0. The van der Waals surface area contributed by atoms with Gasteiger partial charge < -0.3 is 0 Å². The highest BCUT2D eigenvalue weighted by atomic mass is 32.1. The highest BCUT2D eigenvalue weighted by molar-refractivity contribution is 7.06. The van der Waals surface area contributed by atoms with Gasteiger partial charge in [0.15, 0.2) is 0 Å². The second-order valence-electron chi connectivity index (χ2n) is 3.38. The molecule has 0 aliphatic rings. The predicted molar refractivity (Wildman–Crippen MR) is 59.2 cm³/mol. The van der Waals surface area contributed by atoms with E-state index in [2.05, 4.69) is 4.37 Å². The zero-order valence-electron chi connectivity index (χ0n) is 8.64. The Labute approximate surface area is 103 Å². The van der Waals surface area contributed by atoms with Gasteiger partial charge in [-0.2, -0.15) is 17.5 Å². The molecule has 94 valence electrons. The van der Waals surface area contributed by atoms with Crippen molar-refractivity contribution in [3.05, 3.63) is 45.3 Å². The minimum absolute atomic E-state index is 0.120. The fourth-order valence-corrected chi connectivity index (χ4v) is 1.92. The summed E-state index contributed by atoms with van der Waals surface area (Å²) < 4.78 is 40.8. The SMILES string of the molecule is O=[N+]([O-])c1ccc(-c2cc(C(F)(F)F)sn2)cc1. The van der Waals surface area contributed by atoms with E-state index >= 15 is 0 Å². The van der Waals surface area contributed by atoms with E-state index in [-0.39, 0.29) is 11.4 Å². The molecule has 1 heterocycles. The number of nitrogens with zero attached hydrogens (tertiary/aromatic N) is 2. The van der Waals surface area contributed by atoms with Crippen LogP contribution in [0.25, 0.3) is 11.3 Å². The lowest BCUT2D eigenvalue weighted by molar-refractivity contribution is -0.384. The molecule has 8 heteroatoms. The number of aromatic nitrogens is 1. The second kappa shape index (κ2) is 4.37. The zero-order chi connectivity index (χ0) is 13.3. The summed E-state index contributed by atoms with van der Waals surface area (Å²) in [5.41, 5.74) is 0.444. The highest BCUT2D eigenvalue weighted by Gasteiger charge is 2.33. The van der Waals surface area contributed by atoms with Crippen molar-refractivity contribution >= 4 is 17.2 Å². The number of nitro benzene ring substituents is 1. The van der Waals surface area contributed by atoms with Gasteiger partial charge in [-0.1, -0.05) is 0 Å². The van der Waals surface area contributed by atoms with Crippen LogP contribution in [0.1, 0.15) is 4.88 Å². The van der Waals surface area contributed by atoms with Crippen LogP contribution in [0.4, 0.5) is 18.9 Å². The van der Waals surface area contributed by atoms with Gasteiger partial charge in [-0.05, 0) is 29.7 Å². The van der Waals surface area contributed by atoms with E-state index in [1.807, 2.05) is 0 Å². The summed E-state index contributed by atoms with van der Waals surface area (Å²) >= 11 is 0.353. The van der Waals surface area contributed by atoms with E-state index in [0.717, 1.165) is 6.07 Å². The summed E-state index contributed by atoms with van der Waals surface area (Å²) in [6, 6.07) is 6.11. The van der Waals surface area contributed by atoms with Gasteiger partial charge in [0.1, 0.15) is 4.88 Å². The Bertz CT molecular complexity index is 578. The van der Waals surface area contributed by atoms with Crippen LogP contribution in [0, 0.1) is 10.1 Å². The molecule has 0 fully saturated rings. The maximum atomic E-state index is 12.4. The number of non-ortho nitro benzene ring substituents is 1. The molecular weight excluding hydrogens is 269 g/mol. The zero-order valence-corrected chi connectivity index (χ0v) is 9.46. The average molecular weight is 274 g/mol. The van der Waals surface area contributed by atoms with Gasteiger partial charge in [0.25, 0.3) is 5.69 Å². The van der Waals surface area contributed by atoms with E-state index in [4.69, 9.17) is 0 Å². The van der Waals surface area contributed by atoms with E-state index in [1.54, 1.807) is 0 Å². The second-order valence-corrected chi connectivity index (χ2v) is 4.18. The van der Waals surface area contributed by atoms with E-state index < -0.39 is 16.0 Å². The molecule has 0 amide bonds. The van der Waals surface area contributed by atoms with Gasteiger partial charge in [-0.15, -0.1) is 0 Å². The van der Waals surface area contributed by atoms with Crippen LogP contribution >= 0.6 is 11.5 Å². The van der Waals surface area contributed by atoms with Crippen LogP contribution in [0.2, 0.25) is 0 Å². The molecular formula is C10H5F3N2O2S. The van der Waals surface area contributed by atoms with Crippen molar-refractivity contribution in [1.82, 2.24) is 4.37 Å². The minimum atomic E-state index is -4.42. The number of alkyl halides is 3. The normalized spacial score (nSPS) is 11.5. The molecule has 0 atom stereocenters. The van der Waals surface area contributed by atoms with Crippen LogP contribution in [0.3, 0.4) is 0 Å². The summed E-state index contributed by atoms with van der Waals surface area (Å²) in [7, 11) is 0. The summed E-state index contributed by atoms with van der Waals surface area (Å²) in [5.74, 6) is 0. The van der Waals surface area contributed by atoms with Gasteiger partial charge in [0.05, 0.1) is 10.6 Å². The topological polar surface area (TPSA) is 56.0 Å². The molecule has 0 spiro atoms. The van der Waals surface area contributed by atoms with Crippen molar-refractivity contribution in [2.24, 2.45) is 0 Å². The van der Waals surface area contributed by atoms with Gasteiger partial charge in [-0.3, -0.25) is 10.1 Å². The predicted octanol–water partition coefficient (Wildman–Crippen LogP) is 3.74. The molecule has 18 heavy (non-hydrogen) atoms. The summed E-state index contributed by atoms with van der Waals surface area (Å²) in [5, 5.41) is 10.4. The molecule has 0 aliphatic carbocycles. The summed E-state index contributed by atoms with van der Waals surface area (Å²) in [6.45, 7) is 0. The van der Waals surface area contributed by atoms with Gasteiger partial charge >= 0.3 is 6.18 Å². The smallest absolute Gasteiger partial charge is 0.258 e. The molecule has 0 N–H and O–H groups in total. The van der Waals surface area contributed by atoms with Gasteiger partial charge in [0, 0.05) is 17.7 Å². The highest BCUT2D eigenvalue weighted by Crippen LogP contribution is 2.35. The molecule has 0 unspecified atom stereocenters. The number of rotatable bonds is 2. The van der Waals surface area contributed by atoms with Crippen LogP contribution < -0.4 is 0 Å². The molecule has 2 rings (SSSR count). The molecule has 0 radical (unpaired) electrons. The quantitative estimate of drug-likeness (QED) is 0.619. The van der Waals surface area contributed by atoms with Crippen molar-refractivity contribution in [2.45, 2.75) is 6.18 Å². The third kappa shape index (κ3) is 2.48. The number of benzene rings is 1. The van der Waals surface area contributed by atoms with Gasteiger partial charge in [-0.25, -0.2) is 0 Å². The molecule has 1 aromatic carbocycles. The Morgan fingerprint density at radius 2 is 1.83 bits per heavy atom. The van der Waals surface area contributed by atoms with Crippen molar-refractivity contribution in [3.63, 3.8) is 0 Å². The fourth-order valence-electron chi connectivity index (χ4n) is 1.30. The molecule has 1 aromatic heterocycles. The number of hydrogen-bond acceptors (Lipinski definition) is 4. The standard InChI is InChI=1S/C10H5F3N2O2S/c11-10(12,13)9-5-8(14-18-9)6-1-3-7(4-2-6)15(16)17/h1-5H. The molecule has 2 aromatic rings. The number of nitro groups is 1. The average Bonchev–Trinajstić information content (AvgIpc) is 2.78. The Kier molecular flexibility index (Phi) is 3.04. The molecule has 0 aliphatic heterocycles. The summed E-state index contributed by atoms with van der Waals surface area (Å²) in [4.78, 5) is 9.05. The lowest BCUT2D eigenvalue weighted by Crippen LogP contribution is -2.00. The third-order valence-electron chi connectivity index (χ3n) is 2.16. The molecule has 0 saturated heterocycles. The first kappa shape index (κ1) is 12.5. The van der Waals surface area contributed by atoms with Gasteiger partial charge in [0.2, 0.25) is 0 Å². The summed E-state index contributed by atoms with van der Waals surface area (Å²) in [6.07, 6.45) is -4.42. The maximum absolute atomic E-state index is 12.4. The first-order valence-corrected chi connectivity index (χ1v) is 5.44. The largest absolute Gasteiger partial charge is 0.427 e. The Hall–Kier alpha value is -1.96. The lowest BCUT2D eigenvalue weighted by Gasteiger charge is -1.99. The first-order valence-electron chi connectivity index (χ1n) is 4.66. The van der Waals surface area contributed by atoms with Crippen LogP contribution in [-0.4, -0.2) is 9.30 Å². The van der Waals surface area contributed by atoms with Crippen molar-refractivity contribution in [1.29, 1.82) is 0 Å². The lowest BCUT2D eigenvalue weighted by atomic mass is 10.1. The van der Waals surface area contributed by atoms with Crippen molar-refractivity contribution in [2.75, 3.05) is 0 Å². The maximum Gasteiger partial charge on any atom is 0.427 e. The third-order valence-corrected chi connectivity index (χ3v) is 3.00. The fraction of sp³-hybridized carbons (Fsp3) is 0.100. The van der Waals surface area contributed by atoms with E-state index in [9.17, 15) is 23.3 Å². The van der Waals surface area contributed by atoms with Crippen LogP contribution in [0.5, 0.6) is 0 Å². The monoisotopic (exact) mass is 274 g/mol. The molecule has 0 saturated carbocycles. The molecule has 0 bridgehead atoms. The number of halogens is 3. The minimum Gasteiger partial charge on any atom is -0.258 e. The van der Waals surface area contributed by atoms with E-state index in [1.165, 1.54) is 24.3 Å². The van der Waals surface area contributed by atoms with Crippen molar-refractivity contribution < 1.29 is 18.1 Å². The first-order chi connectivity index (χ1) is 8.38. The van der Waals surface area contributed by atoms with E-state index in [0.29, 0.717) is 17.1 Å². The Morgan fingerprint density at radius 3 is 2.28 bits per heavy atom.